The highest BCUT2D eigenvalue weighted by molar-refractivity contribution is 9.10. The molecule has 0 unspecified atom stereocenters. The van der Waals surface area contributed by atoms with Crippen LogP contribution in [0.5, 0.6) is 0 Å². The van der Waals surface area contributed by atoms with E-state index in [1.54, 1.807) is 12.1 Å². The third kappa shape index (κ3) is 3.33. The summed E-state index contributed by atoms with van der Waals surface area (Å²) in [4.78, 5) is 0. The van der Waals surface area contributed by atoms with E-state index in [0.717, 1.165) is 16.5 Å². The molecule has 1 aromatic carbocycles. The molecular weight excluding hydrogens is 293 g/mol. The molecule has 0 heterocycles. The number of hydrogen-bond donors (Lipinski definition) is 1. The van der Waals surface area contributed by atoms with Crippen LogP contribution in [0.2, 0.25) is 0 Å². The number of nitrogens with two attached hydrogens (primary N) is 1. The van der Waals surface area contributed by atoms with Crippen LogP contribution in [0.15, 0.2) is 22.7 Å². The predicted octanol–water partition coefficient (Wildman–Crippen LogP) is 4.43. The molecule has 100 valence electrons. The average molecular weight is 314 g/mol. The van der Waals surface area contributed by atoms with E-state index in [0.29, 0.717) is 6.54 Å². The molecule has 18 heavy (non-hydrogen) atoms. The Morgan fingerprint density at radius 1 is 1.17 bits per heavy atom. The Kier molecular flexibility index (Phi) is 4.79. The number of benzene rings is 1. The first-order chi connectivity index (χ1) is 8.65. The van der Waals surface area contributed by atoms with Crippen molar-refractivity contribution in [3.8, 4) is 0 Å². The van der Waals surface area contributed by atoms with Crippen molar-refractivity contribution < 1.29 is 4.39 Å². The van der Waals surface area contributed by atoms with Crippen LogP contribution in [-0.4, -0.2) is 6.54 Å². The second kappa shape index (κ2) is 6.16. The summed E-state index contributed by atoms with van der Waals surface area (Å²) in [6.45, 7) is 0.704. The van der Waals surface area contributed by atoms with Gasteiger partial charge >= 0.3 is 0 Å². The topological polar surface area (TPSA) is 26.0 Å². The summed E-state index contributed by atoms with van der Waals surface area (Å²) in [5.74, 6) is -0.158. The molecule has 0 aromatic heterocycles. The van der Waals surface area contributed by atoms with Crippen LogP contribution in [0.1, 0.15) is 44.1 Å². The molecule has 1 saturated carbocycles. The summed E-state index contributed by atoms with van der Waals surface area (Å²) < 4.78 is 14.4. The van der Waals surface area contributed by atoms with Gasteiger partial charge in [-0.3, -0.25) is 0 Å². The number of halogens is 2. The fourth-order valence-electron chi connectivity index (χ4n) is 3.01. The van der Waals surface area contributed by atoms with Crippen molar-refractivity contribution in [3.05, 3.63) is 34.1 Å². The summed E-state index contributed by atoms with van der Waals surface area (Å²) >= 11 is 3.52. The Labute approximate surface area is 117 Å². The summed E-state index contributed by atoms with van der Waals surface area (Å²) in [5.41, 5.74) is 7.27. The fourth-order valence-corrected chi connectivity index (χ4v) is 3.40. The predicted molar refractivity (Wildman–Crippen MR) is 77.0 cm³/mol. The Bertz CT molecular complexity index is 397. The number of hydrogen-bond acceptors (Lipinski definition) is 1. The summed E-state index contributed by atoms with van der Waals surface area (Å²) in [6, 6.07) is 4.94. The van der Waals surface area contributed by atoms with E-state index in [-0.39, 0.29) is 11.2 Å². The lowest BCUT2D eigenvalue weighted by molar-refractivity contribution is 0.252. The Morgan fingerprint density at radius 2 is 1.83 bits per heavy atom. The molecule has 2 N–H and O–H groups in total. The van der Waals surface area contributed by atoms with Crippen LogP contribution in [-0.2, 0) is 6.42 Å². The van der Waals surface area contributed by atoms with Gasteiger partial charge in [0.15, 0.2) is 0 Å². The first-order valence-corrected chi connectivity index (χ1v) is 7.59. The van der Waals surface area contributed by atoms with Gasteiger partial charge < -0.3 is 5.73 Å². The first kappa shape index (κ1) is 14.0. The zero-order chi connectivity index (χ0) is 13.0. The van der Waals surface area contributed by atoms with Gasteiger partial charge in [0.05, 0.1) is 0 Å². The largest absolute Gasteiger partial charge is 0.330 e. The van der Waals surface area contributed by atoms with Gasteiger partial charge in [-0.15, -0.1) is 0 Å². The fraction of sp³-hybridized carbons (Fsp3) is 0.600. The molecule has 1 aliphatic carbocycles. The molecule has 1 aromatic rings. The van der Waals surface area contributed by atoms with Crippen molar-refractivity contribution in [2.24, 2.45) is 11.1 Å². The maximum absolute atomic E-state index is 13.4. The quantitative estimate of drug-likeness (QED) is 0.821. The summed E-state index contributed by atoms with van der Waals surface area (Å²) in [7, 11) is 0. The standard InChI is InChI=1S/C15H21BrFN/c16-14-6-5-13(17)9-12(14)10-15(11-18)7-3-1-2-4-8-15/h5-6,9H,1-4,7-8,10-11,18H2. The molecule has 0 saturated heterocycles. The van der Waals surface area contributed by atoms with E-state index in [1.165, 1.54) is 44.6 Å². The van der Waals surface area contributed by atoms with E-state index in [1.807, 2.05) is 0 Å². The molecule has 0 spiro atoms. The minimum atomic E-state index is -0.158. The Balaban J connectivity index is 2.20. The highest BCUT2D eigenvalue weighted by Gasteiger charge is 2.30. The van der Waals surface area contributed by atoms with Crippen molar-refractivity contribution in [1.82, 2.24) is 0 Å². The molecule has 0 atom stereocenters. The van der Waals surface area contributed by atoms with Gasteiger partial charge in [0.25, 0.3) is 0 Å². The Morgan fingerprint density at radius 3 is 2.44 bits per heavy atom. The monoisotopic (exact) mass is 313 g/mol. The summed E-state index contributed by atoms with van der Waals surface area (Å²) in [5, 5.41) is 0. The minimum absolute atomic E-state index is 0.158. The van der Waals surface area contributed by atoms with Crippen LogP contribution in [0, 0.1) is 11.2 Å². The van der Waals surface area contributed by atoms with Crippen LogP contribution < -0.4 is 5.73 Å². The molecule has 0 radical (unpaired) electrons. The van der Waals surface area contributed by atoms with Crippen LogP contribution in [0.3, 0.4) is 0 Å². The van der Waals surface area contributed by atoms with E-state index in [4.69, 9.17) is 5.73 Å². The lowest BCUT2D eigenvalue weighted by atomic mass is 9.75. The van der Waals surface area contributed by atoms with Gasteiger partial charge in [0.2, 0.25) is 0 Å². The van der Waals surface area contributed by atoms with Gasteiger partial charge in [0.1, 0.15) is 5.82 Å². The van der Waals surface area contributed by atoms with Crippen molar-refractivity contribution in [2.45, 2.75) is 44.9 Å². The average Bonchev–Trinajstić information content (AvgIpc) is 2.60. The van der Waals surface area contributed by atoms with E-state index in [2.05, 4.69) is 15.9 Å². The third-order valence-corrected chi connectivity index (χ3v) is 4.94. The molecule has 1 nitrogen and oxygen atoms in total. The normalized spacial score (nSPS) is 19.5. The van der Waals surface area contributed by atoms with Gasteiger partial charge in [-0.05, 0) is 55.0 Å². The third-order valence-electron chi connectivity index (χ3n) is 4.17. The van der Waals surface area contributed by atoms with Crippen LogP contribution >= 0.6 is 15.9 Å². The second-order valence-electron chi connectivity index (χ2n) is 5.53. The van der Waals surface area contributed by atoms with E-state index < -0.39 is 0 Å². The maximum atomic E-state index is 13.4. The minimum Gasteiger partial charge on any atom is -0.330 e. The molecule has 2 rings (SSSR count). The SMILES string of the molecule is NCC1(Cc2cc(F)ccc2Br)CCCCCC1. The van der Waals surface area contributed by atoms with Crippen molar-refractivity contribution >= 4 is 15.9 Å². The van der Waals surface area contributed by atoms with Crippen LogP contribution in [0.25, 0.3) is 0 Å². The molecule has 1 aliphatic rings. The van der Waals surface area contributed by atoms with Gasteiger partial charge in [-0.1, -0.05) is 41.6 Å². The number of rotatable bonds is 3. The van der Waals surface area contributed by atoms with Gasteiger partial charge in [-0.25, -0.2) is 4.39 Å². The molecule has 0 aliphatic heterocycles. The van der Waals surface area contributed by atoms with Gasteiger partial charge in [0, 0.05) is 4.47 Å². The molecule has 1 fully saturated rings. The van der Waals surface area contributed by atoms with Gasteiger partial charge in [-0.2, -0.15) is 0 Å². The van der Waals surface area contributed by atoms with Crippen LogP contribution in [0.4, 0.5) is 4.39 Å². The van der Waals surface area contributed by atoms with Crippen molar-refractivity contribution in [2.75, 3.05) is 6.54 Å². The summed E-state index contributed by atoms with van der Waals surface area (Å²) in [6.07, 6.45) is 8.37. The lowest BCUT2D eigenvalue weighted by Gasteiger charge is -2.32. The smallest absolute Gasteiger partial charge is 0.123 e. The maximum Gasteiger partial charge on any atom is 0.123 e. The van der Waals surface area contributed by atoms with E-state index in [9.17, 15) is 4.39 Å². The molecule has 3 heteroatoms. The second-order valence-corrected chi connectivity index (χ2v) is 6.39. The van der Waals surface area contributed by atoms with Crippen molar-refractivity contribution in [1.29, 1.82) is 0 Å². The highest BCUT2D eigenvalue weighted by atomic mass is 79.9. The van der Waals surface area contributed by atoms with Crippen molar-refractivity contribution in [3.63, 3.8) is 0 Å². The molecule has 0 bridgehead atoms. The molecular formula is C15H21BrFN. The highest BCUT2D eigenvalue weighted by Crippen LogP contribution is 2.38. The van der Waals surface area contributed by atoms with E-state index >= 15 is 0 Å². The first-order valence-electron chi connectivity index (χ1n) is 6.79. The lowest BCUT2D eigenvalue weighted by Crippen LogP contribution is -2.32. The Hall–Kier alpha value is -0.410. The zero-order valence-corrected chi connectivity index (χ0v) is 12.3. The zero-order valence-electron chi connectivity index (χ0n) is 10.7. The molecule has 0 amide bonds.